The number of aromatic nitrogens is 2. The van der Waals surface area contributed by atoms with Gasteiger partial charge in [0, 0.05) is 44.0 Å². The largest absolute Gasteiger partial charge is 0.310 e. The molecule has 0 aromatic carbocycles. The molecule has 2 rings (SSSR count). The highest BCUT2D eigenvalue weighted by molar-refractivity contribution is 5.20. The van der Waals surface area contributed by atoms with Crippen molar-refractivity contribution >= 4 is 0 Å². The van der Waals surface area contributed by atoms with Gasteiger partial charge in [-0.2, -0.15) is 0 Å². The Bertz CT molecular complexity index is 541. The molecule has 1 aliphatic rings. The summed E-state index contributed by atoms with van der Waals surface area (Å²) in [6.45, 7) is 9.86. The first-order chi connectivity index (χ1) is 9.88. The molecule has 2 N–H and O–H groups in total. The molecule has 0 saturated carbocycles. The topological polar surface area (TPSA) is 64.3 Å². The molecule has 21 heavy (non-hydrogen) atoms. The summed E-state index contributed by atoms with van der Waals surface area (Å²) in [7, 11) is 4.32. The molecule has 0 aliphatic carbocycles. The maximum Gasteiger partial charge on any atom is 0.255 e. The zero-order valence-electron chi connectivity index (χ0n) is 13.7. The Labute approximate surface area is 126 Å². The van der Waals surface area contributed by atoms with E-state index in [2.05, 4.69) is 39.2 Å². The zero-order chi connectivity index (χ0) is 15.6. The van der Waals surface area contributed by atoms with Crippen LogP contribution in [0, 0.1) is 13.8 Å². The Morgan fingerprint density at radius 3 is 2.76 bits per heavy atom. The van der Waals surface area contributed by atoms with E-state index in [1.54, 1.807) is 0 Å². The summed E-state index contributed by atoms with van der Waals surface area (Å²) in [5, 5.41) is 3.49. The van der Waals surface area contributed by atoms with Crippen LogP contribution in [0.25, 0.3) is 0 Å². The standard InChI is InChI=1S/C15H27N5O/c1-10(14-11(2)17-12(3)18-15(14)21)16-8-13-9-19(4)6-7-20(13)5/h10,13,16H,6-9H2,1-5H3,(H,17,18,21). The van der Waals surface area contributed by atoms with Crippen LogP contribution in [0.4, 0.5) is 0 Å². The average Bonchev–Trinajstić information content (AvgIpc) is 2.38. The molecule has 1 aromatic heterocycles. The minimum Gasteiger partial charge on any atom is -0.310 e. The van der Waals surface area contributed by atoms with Crippen LogP contribution in [0.1, 0.15) is 30.0 Å². The van der Waals surface area contributed by atoms with Gasteiger partial charge in [-0.15, -0.1) is 0 Å². The first-order valence-electron chi connectivity index (χ1n) is 7.58. The molecule has 1 saturated heterocycles. The van der Waals surface area contributed by atoms with E-state index in [1.165, 1.54) is 0 Å². The Kier molecular flexibility index (Phi) is 5.13. The van der Waals surface area contributed by atoms with Gasteiger partial charge in [0.1, 0.15) is 5.82 Å². The minimum absolute atomic E-state index is 0.00230. The van der Waals surface area contributed by atoms with Crippen LogP contribution in [0.3, 0.4) is 0 Å². The number of aryl methyl sites for hydroxylation is 2. The summed E-state index contributed by atoms with van der Waals surface area (Å²) in [4.78, 5) is 24.0. The predicted octanol–water partition coefficient (Wildman–Crippen LogP) is 0.283. The highest BCUT2D eigenvalue weighted by atomic mass is 16.1. The maximum atomic E-state index is 12.1. The molecule has 1 aliphatic heterocycles. The first kappa shape index (κ1) is 16.1. The van der Waals surface area contributed by atoms with Crippen molar-refractivity contribution in [1.82, 2.24) is 25.1 Å². The molecule has 2 atom stereocenters. The Morgan fingerprint density at radius 2 is 2.10 bits per heavy atom. The third kappa shape index (κ3) is 3.90. The Balaban J connectivity index is 2.02. The molecular weight excluding hydrogens is 266 g/mol. The highest BCUT2D eigenvalue weighted by Gasteiger charge is 2.23. The molecule has 6 heteroatoms. The number of piperazine rings is 1. The number of aromatic amines is 1. The van der Waals surface area contributed by atoms with Crippen molar-refractivity contribution in [2.75, 3.05) is 40.3 Å². The summed E-state index contributed by atoms with van der Waals surface area (Å²) in [6.07, 6.45) is 0. The van der Waals surface area contributed by atoms with E-state index >= 15 is 0 Å². The monoisotopic (exact) mass is 293 g/mol. The third-order valence-electron chi connectivity index (χ3n) is 4.34. The van der Waals surface area contributed by atoms with E-state index < -0.39 is 0 Å². The van der Waals surface area contributed by atoms with Crippen LogP contribution in [-0.2, 0) is 0 Å². The number of H-pyrrole nitrogens is 1. The fourth-order valence-electron chi connectivity index (χ4n) is 2.98. The predicted molar refractivity (Wildman–Crippen MR) is 84.7 cm³/mol. The number of hydrogen-bond donors (Lipinski definition) is 2. The van der Waals surface area contributed by atoms with Gasteiger partial charge in [0.25, 0.3) is 5.56 Å². The normalized spacial score (nSPS) is 22.4. The molecule has 0 bridgehead atoms. The van der Waals surface area contributed by atoms with Crippen molar-refractivity contribution in [2.45, 2.75) is 32.9 Å². The van der Waals surface area contributed by atoms with Crippen LogP contribution >= 0.6 is 0 Å². The first-order valence-corrected chi connectivity index (χ1v) is 7.58. The molecule has 6 nitrogen and oxygen atoms in total. The van der Waals surface area contributed by atoms with E-state index in [1.807, 2.05) is 20.8 Å². The fourth-order valence-corrected chi connectivity index (χ4v) is 2.98. The SMILES string of the molecule is Cc1nc(C)c(C(C)NCC2CN(C)CCN2C)c(=O)[nH]1. The number of likely N-dealkylation sites (N-methyl/N-ethyl adjacent to an activating group) is 2. The summed E-state index contributed by atoms with van der Waals surface area (Å²) >= 11 is 0. The van der Waals surface area contributed by atoms with Gasteiger partial charge < -0.3 is 15.2 Å². The van der Waals surface area contributed by atoms with Crippen LogP contribution in [0.5, 0.6) is 0 Å². The molecule has 0 radical (unpaired) electrons. The third-order valence-corrected chi connectivity index (χ3v) is 4.34. The van der Waals surface area contributed by atoms with E-state index in [9.17, 15) is 4.79 Å². The van der Waals surface area contributed by atoms with Gasteiger partial charge in [-0.3, -0.25) is 9.69 Å². The average molecular weight is 293 g/mol. The lowest BCUT2D eigenvalue weighted by molar-refractivity contribution is 0.112. The van der Waals surface area contributed by atoms with Gasteiger partial charge >= 0.3 is 0 Å². The van der Waals surface area contributed by atoms with Crippen LogP contribution in [-0.4, -0.2) is 66.1 Å². The van der Waals surface area contributed by atoms with Gasteiger partial charge in [-0.25, -0.2) is 4.98 Å². The Morgan fingerprint density at radius 1 is 1.38 bits per heavy atom. The highest BCUT2D eigenvalue weighted by Crippen LogP contribution is 2.12. The van der Waals surface area contributed by atoms with Gasteiger partial charge in [-0.05, 0) is 34.9 Å². The Hall–Kier alpha value is -1.24. The van der Waals surface area contributed by atoms with Gasteiger partial charge in [0.2, 0.25) is 0 Å². The molecule has 1 aromatic rings. The van der Waals surface area contributed by atoms with Crippen molar-refractivity contribution < 1.29 is 0 Å². The second-order valence-corrected chi connectivity index (χ2v) is 6.18. The van der Waals surface area contributed by atoms with Crippen molar-refractivity contribution in [3.8, 4) is 0 Å². The van der Waals surface area contributed by atoms with Gasteiger partial charge in [0.15, 0.2) is 0 Å². The number of nitrogens with zero attached hydrogens (tertiary/aromatic N) is 3. The lowest BCUT2D eigenvalue weighted by Crippen LogP contribution is -2.54. The molecule has 2 heterocycles. The fraction of sp³-hybridized carbons (Fsp3) is 0.733. The summed E-state index contributed by atoms with van der Waals surface area (Å²) in [5.74, 6) is 0.669. The lowest BCUT2D eigenvalue weighted by Gasteiger charge is -2.38. The molecule has 0 spiro atoms. The summed E-state index contributed by atoms with van der Waals surface area (Å²) < 4.78 is 0. The van der Waals surface area contributed by atoms with Gasteiger partial charge in [0.05, 0.1) is 5.56 Å². The number of rotatable bonds is 4. The minimum atomic E-state index is -0.0332. The van der Waals surface area contributed by atoms with Gasteiger partial charge in [-0.1, -0.05) is 0 Å². The van der Waals surface area contributed by atoms with Crippen LogP contribution < -0.4 is 10.9 Å². The second-order valence-electron chi connectivity index (χ2n) is 6.18. The van der Waals surface area contributed by atoms with Crippen LogP contribution in [0.2, 0.25) is 0 Å². The second kappa shape index (κ2) is 6.68. The molecule has 1 fully saturated rings. The van der Waals surface area contributed by atoms with Crippen LogP contribution in [0.15, 0.2) is 4.79 Å². The van der Waals surface area contributed by atoms with Crippen molar-refractivity contribution in [1.29, 1.82) is 0 Å². The van der Waals surface area contributed by atoms with Crippen molar-refractivity contribution in [2.24, 2.45) is 0 Å². The maximum absolute atomic E-state index is 12.1. The molecule has 2 unspecified atom stereocenters. The summed E-state index contributed by atoms with van der Waals surface area (Å²) in [6, 6.07) is 0.478. The molecule has 0 amide bonds. The van der Waals surface area contributed by atoms with Crippen molar-refractivity contribution in [3.63, 3.8) is 0 Å². The summed E-state index contributed by atoms with van der Waals surface area (Å²) in [5.41, 5.74) is 1.52. The molecular formula is C15H27N5O. The number of nitrogens with one attached hydrogen (secondary N) is 2. The number of hydrogen-bond acceptors (Lipinski definition) is 5. The van der Waals surface area contributed by atoms with E-state index in [4.69, 9.17) is 0 Å². The lowest BCUT2D eigenvalue weighted by atomic mass is 10.1. The zero-order valence-corrected chi connectivity index (χ0v) is 13.7. The smallest absolute Gasteiger partial charge is 0.255 e. The van der Waals surface area contributed by atoms with E-state index in [-0.39, 0.29) is 11.6 Å². The van der Waals surface area contributed by atoms with Crippen molar-refractivity contribution in [3.05, 3.63) is 27.4 Å². The van der Waals surface area contributed by atoms with E-state index in [0.717, 1.165) is 37.4 Å². The quantitative estimate of drug-likeness (QED) is 0.835. The van der Waals surface area contributed by atoms with E-state index in [0.29, 0.717) is 11.9 Å². The molecule has 118 valence electrons.